The Labute approximate surface area is 112 Å². The van der Waals surface area contributed by atoms with E-state index in [1.807, 2.05) is 0 Å². The van der Waals surface area contributed by atoms with E-state index >= 15 is 0 Å². The van der Waals surface area contributed by atoms with Gasteiger partial charge in [0.15, 0.2) is 0 Å². The molecule has 2 heterocycles. The van der Waals surface area contributed by atoms with Crippen molar-refractivity contribution in [2.45, 2.75) is 0 Å². The molecular formula is C11H7ClN4O3. The summed E-state index contributed by atoms with van der Waals surface area (Å²) in [5.41, 5.74) is -0.0833. The van der Waals surface area contributed by atoms with Gasteiger partial charge in [-0.2, -0.15) is 0 Å². The van der Waals surface area contributed by atoms with E-state index in [4.69, 9.17) is 11.6 Å². The zero-order chi connectivity index (χ0) is 13.8. The second-order valence-corrected chi connectivity index (χ2v) is 3.86. The Hall–Kier alpha value is -2.54. The zero-order valence-electron chi connectivity index (χ0n) is 9.41. The van der Waals surface area contributed by atoms with Gasteiger partial charge in [-0.05, 0) is 18.2 Å². The third kappa shape index (κ3) is 3.02. The molecule has 19 heavy (non-hydrogen) atoms. The Balaban J connectivity index is 2.33. The van der Waals surface area contributed by atoms with Crippen LogP contribution in [0.4, 0.5) is 11.4 Å². The topological polar surface area (TPSA) is 98.0 Å². The highest BCUT2D eigenvalue weighted by atomic mass is 35.5. The Bertz CT molecular complexity index is 633. The van der Waals surface area contributed by atoms with Crippen LogP contribution in [0.25, 0.3) is 0 Å². The van der Waals surface area contributed by atoms with Crippen LogP contribution < -0.4 is 5.32 Å². The molecular weight excluding hydrogens is 272 g/mol. The highest BCUT2D eigenvalue weighted by Gasteiger charge is 2.21. The summed E-state index contributed by atoms with van der Waals surface area (Å²) < 4.78 is 0. The highest BCUT2D eigenvalue weighted by Crippen LogP contribution is 2.21. The number of nitrogens with one attached hydrogen (secondary N) is 1. The van der Waals surface area contributed by atoms with E-state index in [1.165, 1.54) is 12.4 Å². The van der Waals surface area contributed by atoms with Crippen LogP contribution in [0.3, 0.4) is 0 Å². The van der Waals surface area contributed by atoms with E-state index < -0.39 is 16.5 Å². The third-order valence-electron chi connectivity index (χ3n) is 2.23. The monoisotopic (exact) mass is 278 g/mol. The third-order valence-corrected chi connectivity index (χ3v) is 2.44. The van der Waals surface area contributed by atoms with E-state index in [1.54, 1.807) is 12.1 Å². The standard InChI is InChI=1S/C11H7ClN4O3/c12-10-5-8(9(6-14-10)16(18)19)11(17)15-7-1-3-13-4-2-7/h1-6H,(H,13,15,17). The molecule has 0 bridgehead atoms. The first-order valence-electron chi connectivity index (χ1n) is 5.09. The molecule has 0 aromatic carbocycles. The van der Waals surface area contributed by atoms with Crippen LogP contribution in [-0.2, 0) is 0 Å². The smallest absolute Gasteiger partial charge is 0.300 e. The van der Waals surface area contributed by atoms with Crippen molar-refractivity contribution in [2.75, 3.05) is 5.32 Å². The van der Waals surface area contributed by atoms with Crippen molar-refractivity contribution in [1.82, 2.24) is 9.97 Å². The maximum atomic E-state index is 12.0. The minimum atomic E-state index is -0.690. The number of anilines is 1. The van der Waals surface area contributed by atoms with Crippen LogP contribution in [0.1, 0.15) is 10.4 Å². The van der Waals surface area contributed by atoms with Crippen molar-refractivity contribution in [3.63, 3.8) is 0 Å². The molecule has 7 nitrogen and oxygen atoms in total. The molecule has 8 heteroatoms. The van der Waals surface area contributed by atoms with Gasteiger partial charge in [-0.25, -0.2) is 4.98 Å². The lowest BCUT2D eigenvalue weighted by atomic mass is 10.2. The van der Waals surface area contributed by atoms with Crippen molar-refractivity contribution in [3.05, 3.63) is 57.6 Å². The van der Waals surface area contributed by atoms with Crippen molar-refractivity contribution in [2.24, 2.45) is 0 Å². The number of pyridine rings is 2. The maximum Gasteiger partial charge on any atom is 0.300 e. The van der Waals surface area contributed by atoms with Crippen molar-refractivity contribution < 1.29 is 9.72 Å². The lowest BCUT2D eigenvalue weighted by Gasteiger charge is -2.05. The fourth-order valence-electron chi connectivity index (χ4n) is 1.38. The van der Waals surface area contributed by atoms with Gasteiger partial charge in [0.05, 0.1) is 4.92 Å². The molecule has 0 aliphatic carbocycles. The Morgan fingerprint density at radius 1 is 1.37 bits per heavy atom. The first-order chi connectivity index (χ1) is 9.08. The number of hydrogen-bond donors (Lipinski definition) is 1. The number of nitrogens with zero attached hydrogens (tertiary/aromatic N) is 3. The highest BCUT2D eigenvalue weighted by molar-refractivity contribution is 6.30. The first-order valence-corrected chi connectivity index (χ1v) is 5.47. The van der Waals surface area contributed by atoms with E-state index in [0.29, 0.717) is 5.69 Å². The van der Waals surface area contributed by atoms with Gasteiger partial charge < -0.3 is 5.32 Å². The van der Waals surface area contributed by atoms with E-state index in [2.05, 4.69) is 15.3 Å². The second-order valence-electron chi connectivity index (χ2n) is 3.47. The Kier molecular flexibility index (Phi) is 3.67. The van der Waals surface area contributed by atoms with Crippen molar-refractivity contribution in [1.29, 1.82) is 0 Å². The molecule has 0 fully saturated rings. The minimum Gasteiger partial charge on any atom is -0.322 e. The van der Waals surface area contributed by atoms with Gasteiger partial charge in [0.2, 0.25) is 0 Å². The van der Waals surface area contributed by atoms with Gasteiger partial charge in [-0.15, -0.1) is 0 Å². The Morgan fingerprint density at radius 3 is 2.68 bits per heavy atom. The van der Waals surface area contributed by atoms with Gasteiger partial charge in [0.25, 0.3) is 11.6 Å². The van der Waals surface area contributed by atoms with Crippen LogP contribution in [0.15, 0.2) is 36.8 Å². The number of carbonyl (C=O) groups is 1. The average molecular weight is 279 g/mol. The first kappa shape index (κ1) is 12.9. The number of hydrogen-bond acceptors (Lipinski definition) is 5. The molecule has 1 N–H and O–H groups in total. The molecule has 0 aliphatic heterocycles. The van der Waals surface area contributed by atoms with Crippen molar-refractivity contribution in [3.8, 4) is 0 Å². The summed E-state index contributed by atoms with van der Waals surface area (Å²) in [6, 6.07) is 4.27. The quantitative estimate of drug-likeness (QED) is 0.527. The normalized spacial score (nSPS) is 9.95. The molecule has 2 aromatic rings. The summed E-state index contributed by atoms with van der Waals surface area (Å²) in [7, 11) is 0. The summed E-state index contributed by atoms with van der Waals surface area (Å²) in [4.78, 5) is 29.5. The lowest BCUT2D eigenvalue weighted by molar-refractivity contribution is -0.385. The van der Waals surface area contributed by atoms with E-state index in [9.17, 15) is 14.9 Å². The summed E-state index contributed by atoms with van der Waals surface area (Å²) in [5.74, 6) is -0.637. The average Bonchev–Trinajstić information content (AvgIpc) is 2.39. The summed E-state index contributed by atoms with van der Waals surface area (Å²) in [5, 5.41) is 13.3. The number of amides is 1. The molecule has 96 valence electrons. The van der Waals surface area contributed by atoms with Crippen LogP contribution in [-0.4, -0.2) is 20.8 Å². The fourth-order valence-corrected chi connectivity index (χ4v) is 1.54. The molecule has 0 spiro atoms. The summed E-state index contributed by atoms with van der Waals surface area (Å²) >= 11 is 5.64. The predicted molar refractivity (Wildman–Crippen MR) is 68.1 cm³/mol. The number of nitro groups is 1. The summed E-state index contributed by atoms with van der Waals surface area (Å²) in [6.07, 6.45) is 3.93. The van der Waals surface area contributed by atoms with E-state index in [0.717, 1.165) is 12.3 Å². The van der Waals surface area contributed by atoms with Crippen LogP contribution in [0.5, 0.6) is 0 Å². The number of rotatable bonds is 3. The van der Waals surface area contributed by atoms with Gasteiger partial charge >= 0.3 is 0 Å². The van der Waals surface area contributed by atoms with Gasteiger partial charge in [-0.1, -0.05) is 11.6 Å². The van der Waals surface area contributed by atoms with Gasteiger partial charge in [0, 0.05) is 18.1 Å². The van der Waals surface area contributed by atoms with Crippen LogP contribution >= 0.6 is 11.6 Å². The Morgan fingerprint density at radius 2 is 2.05 bits per heavy atom. The SMILES string of the molecule is O=C(Nc1ccncc1)c1cc(Cl)ncc1[N+](=O)[O-]. The van der Waals surface area contributed by atoms with Gasteiger partial charge in [-0.3, -0.25) is 19.9 Å². The van der Waals surface area contributed by atoms with Crippen LogP contribution in [0.2, 0.25) is 5.15 Å². The molecule has 0 saturated carbocycles. The molecule has 0 atom stereocenters. The number of halogens is 1. The minimum absolute atomic E-state index is 0.00507. The zero-order valence-corrected chi connectivity index (χ0v) is 10.2. The number of carbonyl (C=O) groups excluding carboxylic acids is 1. The second kappa shape index (κ2) is 5.40. The molecule has 0 unspecified atom stereocenters. The van der Waals surface area contributed by atoms with E-state index in [-0.39, 0.29) is 10.7 Å². The fraction of sp³-hybridized carbons (Fsp3) is 0. The molecule has 0 radical (unpaired) electrons. The maximum absolute atomic E-state index is 12.0. The van der Waals surface area contributed by atoms with Gasteiger partial charge in [0.1, 0.15) is 16.9 Å². The molecule has 0 aliphatic rings. The molecule has 2 aromatic heterocycles. The largest absolute Gasteiger partial charge is 0.322 e. The number of aromatic nitrogens is 2. The molecule has 1 amide bonds. The predicted octanol–water partition coefficient (Wildman–Crippen LogP) is 2.29. The lowest BCUT2D eigenvalue weighted by Crippen LogP contribution is -2.14. The van der Waals surface area contributed by atoms with Crippen LogP contribution in [0, 0.1) is 10.1 Å². The van der Waals surface area contributed by atoms with Crippen molar-refractivity contribution >= 4 is 28.9 Å². The summed E-state index contributed by atoms with van der Waals surface area (Å²) in [6.45, 7) is 0. The molecule has 0 saturated heterocycles. The molecule has 2 rings (SSSR count).